The van der Waals surface area contributed by atoms with Crippen LogP contribution in [0.5, 0.6) is 23.0 Å². The maximum atomic E-state index is 12.0. The maximum Gasteiger partial charge on any atom is 0.336 e. The van der Waals surface area contributed by atoms with Crippen molar-refractivity contribution in [3.8, 4) is 23.0 Å². The Morgan fingerprint density at radius 2 is 1.86 bits per heavy atom. The van der Waals surface area contributed by atoms with Crippen LogP contribution in [0.3, 0.4) is 0 Å². The molecule has 0 spiro atoms. The molecule has 0 atom stereocenters. The minimum absolute atomic E-state index is 0.175. The Kier molecular flexibility index (Phi) is 7.15. The largest absolute Gasteiger partial charge is 0.496 e. The molecule has 0 radical (unpaired) electrons. The third kappa shape index (κ3) is 5.34. The van der Waals surface area contributed by atoms with Gasteiger partial charge in [0.25, 0.3) is 0 Å². The first kappa shape index (κ1) is 20.5. The fourth-order valence-electron chi connectivity index (χ4n) is 2.22. The summed E-state index contributed by atoms with van der Waals surface area (Å²) < 4.78 is 20.7. The van der Waals surface area contributed by atoms with Crippen molar-refractivity contribution in [3.63, 3.8) is 0 Å². The van der Waals surface area contributed by atoms with Gasteiger partial charge in [-0.1, -0.05) is 18.7 Å². The van der Waals surface area contributed by atoms with E-state index in [-0.39, 0.29) is 17.2 Å². The number of hydrogen-bond donors (Lipinski definition) is 0. The van der Waals surface area contributed by atoms with Crippen LogP contribution in [-0.2, 0) is 4.79 Å². The van der Waals surface area contributed by atoms with Crippen LogP contribution in [0.4, 0.5) is 5.69 Å². The molecule has 0 fully saturated rings. The third-order valence-electron chi connectivity index (χ3n) is 3.53. The highest BCUT2D eigenvalue weighted by atomic mass is 16.6. The first-order chi connectivity index (χ1) is 13.5. The number of carbonyl (C=O) groups is 1. The Balaban J connectivity index is 2.14. The van der Waals surface area contributed by atoms with Gasteiger partial charge in [0.1, 0.15) is 12.4 Å². The molecule has 8 heteroatoms. The number of methoxy groups -OCH3 is 2. The monoisotopic (exact) mass is 385 g/mol. The predicted molar refractivity (Wildman–Crippen MR) is 103 cm³/mol. The van der Waals surface area contributed by atoms with E-state index in [2.05, 4.69) is 6.58 Å². The third-order valence-corrected chi connectivity index (χ3v) is 3.53. The minimum atomic E-state index is -0.765. The van der Waals surface area contributed by atoms with E-state index in [0.717, 1.165) is 6.08 Å². The summed E-state index contributed by atoms with van der Waals surface area (Å²) >= 11 is 0. The highest BCUT2D eigenvalue weighted by Gasteiger charge is 2.18. The molecule has 0 unspecified atom stereocenters. The lowest BCUT2D eigenvalue weighted by Crippen LogP contribution is -2.06. The fourth-order valence-corrected chi connectivity index (χ4v) is 2.22. The van der Waals surface area contributed by atoms with E-state index in [1.807, 2.05) is 0 Å². The van der Waals surface area contributed by atoms with Crippen molar-refractivity contribution in [1.82, 2.24) is 0 Å². The molecule has 8 nitrogen and oxygen atoms in total. The fraction of sp³-hybridized carbons (Fsp3) is 0.150. The van der Waals surface area contributed by atoms with Crippen molar-refractivity contribution in [2.75, 3.05) is 20.8 Å². The molecule has 2 rings (SSSR count). The molecule has 0 saturated carbocycles. The van der Waals surface area contributed by atoms with Crippen LogP contribution in [0.15, 0.2) is 55.1 Å². The summed E-state index contributed by atoms with van der Waals surface area (Å²) in [4.78, 5) is 22.5. The molecule has 0 heterocycles. The Morgan fingerprint density at radius 1 is 1.11 bits per heavy atom. The summed E-state index contributed by atoms with van der Waals surface area (Å²) in [7, 11) is 2.89. The second-order valence-electron chi connectivity index (χ2n) is 5.36. The number of nitro benzene ring substituents is 1. The lowest BCUT2D eigenvalue weighted by molar-refractivity contribution is -0.385. The van der Waals surface area contributed by atoms with Gasteiger partial charge < -0.3 is 18.9 Å². The molecule has 0 aliphatic rings. The topological polar surface area (TPSA) is 97.1 Å². The summed E-state index contributed by atoms with van der Waals surface area (Å²) in [6.07, 6.45) is 4.27. The van der Waals surface area contributed by atoms with Gasteiger partial charge in [0.15, 0.2) is 11.5 Å². The second-order valence-corrected chi connectivity index (χ2v) is 5.36. The molecule has 146 valence electrons. The number of ether oxygens (including phenoxy) is 4. The highest BCUT2D eigenvalue weighted by molar-refractivity contribution is 5.89. The lowest BCUT2D eigenvalue weighted by atomic mass is 10.2. The van der Waals surface area contributed by atoms with E-state index >= 15 is 0 Å². The van der Waals surface area contributed by atoms with E-state index in [1.54, 1.807) is 24.3 Å². The van der Waals surface area contributed by atoms with Gasteiger partial charge >= 0.3 is 11.7 Å². The molecule has 0 N–H and O–H groups in total. The van der Waals surface area contributed by atoms with Gasteiger partial charge in [0.2, 0.25) is 5.75 Å². The van der Waals surface area contributed by atoms with E-state index < -0.39 is 10.9 Å². The molecular weight excluding hydrogens is 366 g/mol. The Labute approximate surface area is 161 Å². The van der Waals surface area contributed by atoms with Gasteiger partial charge in [-0.2, -0.15) is 0 Å². The zero-order chi connectivity index (χ0) is 20.5. The quantitative estimate of drug-likeness (QED) is 0.162. The van der Waals surface area contributed by atoms with Crippen molar-refractivity contribution < 1.29 is 28.7 Å². The van der Waals surface area contributed by atoms with Crippen molar-refractivity contribution in [1.29, 1.82) is 0 Å². The van der Waals surface area contributed by atoms with Crippen LogP contribution < -0.4 is 18.9 Å². The molecule has 0 aliphatic heterocycles. The van der Waals surface area contributed by atoms with Gasteiger partial charge in [-0.15, -0.1) is 0 Å². The van der Waals surface area contributed by atoms with Crippen LogP contribution in [0.25, 0.3) is 6.08 Å². The number of rotatable bonds is 9. The molecule has 0 aliphatic carbocycles. The Hall–Kier alpha value is -3.81. The molecule has 0 aromatic heterocycles. The van der Waals surface area contributed by atoms with Crippen LogP contribution in [-0.4, -0.2) is 31.7 Å². The standard InChI is InChI=1S/C20H19NO7/c1-4-11-27-18-8-5-14(12-19(18)26-3)6-10-20(22)28-17-9-7-15(25-2)13-16(17)21(23)24/h4-10,12-13H,1,11H2,2-3H3/b10-6+. The number of benzene rings is 2. The molecule has 2 aromatic carbocycles. The average Bonchev–Trinajstić information content (AvgIpc) is 2.71. The summed E-state index contributed by atoms with van der Waals surface area (Å²) in [6, 6.07) is 9.04. The zero-order valence-electron chi connectivity index (χ0n) is 15.4. The number of carbonyl (C=O) groups excluding carboxylic acids is 1. The summed E-state index contributed by atoms with van der Waals surface area (Å²) in [6.45, 7) is 3.91. The maximum absolute atomic E-state index is 12.0. The first-order valence-electron chi connectivity index (χ1n) is 8.12. The molecule has 0 saturated heterocycles. The van der Waals surface area contributed by atoms with E-state index in [4.69, 9.17) is 18.9 Å². The van der Waals surface area contributed by atoms with Gasteiger partial charge in [-0.25, -0.2) is 4.79 Å². The smallest absolute Gasteiger partial charge is 0.336 e. The van der Waals surface area contributed by atoms with Gasteiger partial charge in [-0.3, -0.25) is 10.1 Å². The minimum Gasteiger partial charge on any atom is -0.496 e. The first-order valence-corrected chi connectivity index (χ1v) is 8.12. The molecular formula is C20H19NO7. The zero-order valence-corrected chi connectivity index (χ0v) is 15.4. The van der Waals surface area contributed by atoms with Crippen molar-refractivity contribution in [2.45, 2.75) is 0 Å². The summed E-state index contributed by atoms with van der Waals surface area (Å²) in [5, 5.41) is 11.1. The van der Waals surface area contributed by atoms with Crippen molar-refractivity contribution >= 4 is 17.7 Å². The average molecular weight is 385 g/mol. The number of nitro groups is 1. The highest BCUT2D eigenvalue weighted by Crippen LogP contribution is 2.31. The van der Waals surface area contributed by atoms with Crippen LogP contribution in [0.2, 0.25) is 0 Å². The summed E-state index contributed by atoms with van der Waals surface area (Å²) in [5.41, 5.74) is 0.287. The molecule has 0 amide bonds. The normalized spacial score (nSPS) is 10.4. The Bertz CT molecular complexity index is 905. The van der Waals surface area contributed by atoms with Crippen molar-refractivity contribution in [2.24, 2.45) is 0 Å². The summed E-state index contributed by atoms with van der Waals surface area (Å²) in [5.74, 6) is 0.373. The van der Waals surface area contributed by atoms with Gasteiger partial charge in [-0.05, 0) is 35.9 Å². The SMILES string of the molecule is C=CCOc1ccc(/C=C/C(=O)Oc2ccc(OC)cc2[N+](=O)[O-])cc1OC. The molecule has 2 aromatic rings. The number of hydrogen-bond acceptors (Lipinski definition) is 7. The number of esters is 1. The predicted octanol–water partition coefficient (Wildman–Crippen LogP) is 3.80. The van der Waals surface area contributed by atoms with E-state index in [1.165, 1.54) is 38.5 Å². The van der Waals surface area contributed by atoms with Crippen LogP contribution >= 0.6 is 0 Å². The Morgan fingerprint density at radius 3 is 2.50 bits per heavy atom. The second kappa shape index (κ2) is 9.77. The molecule has 28 heavy (non-hydrogen) atoms. The van der Waals surface area contributed by atoms with Crippen LogP contribution in [0.1, 0.15) is 5.56 Å². The van der Waals surface area contributed by atoms with Gasteiger partial charge in [0.05, 0.1) is 25.2 Å². The molecule has 0 bridgehead atoms. The van der Waals surface area contributed by atoms with E-state index in [9.17, 15) is 14.9 Å². The van der Waals surface area contributed by atoms with Crippen molar-refractivity contribution in [3.05, 3.63) is 70.8 Å². The van der Waals surface area contributed by atoms with E-state index in [0.29, 0.717) is 23.7 Å². The van der Waals surface area contributed by atoms with Crippen LogP contribution in [0, 0.1) is 10.1 Å². The lowest BCUT2D eigenvalue weighted by Gasteiger charge is -2.09. The van der Waals surface area contributed by atoms with Gasteiger partial charge in [0, 0.05) is 6.08 Å². The number of nitrogens with zero attached hydrogens (tertiary/aromatic N) is 1.